The molecule has 0 saturated carbocycles. The van der Waals surface area contributed by atoms with Crippen molar-refractivity contribution >= 4 is 7.83 Å². The van der Waals surface area contributed by atoms with Crippen molar-refractivity contribution in [1.82, 2.24) is 5.09 Å². The van der Waals surface area contributed by atoms with Gasteiger partial charge in [0.2, 0.25) is 0 Å². The Morgan fingerprint density at radius 2 is 1.67 bits per heavy atom. The second-order valence-electron chi connectivity index (χ2n) is 6.31. The maximum Gasteiger partial charge on any atom is 0.440 e. The first-order valence-electron chi connectivity index (χ1n) is 5.11. The highest BCUT2D eigenvalue weighted by molar-refractivity contribution is 7.50. The Morgan fingerprint density at radius 1 is 1.27 bits per heavy atom. The molecule has 0 heterocycles. The molecule has 0 fully saturated rings. The van der Waals surface area contributed by atoms with Gasteiger partial charge >= 0.3 is 7.83 Å². The zero-order valence-electron chi connectivity index (χ0n) is 10.5. The monoisotopic (exact) mass is 239 g/mol. The molecule has 5 heteroatoms. The molecule has 3 nitrogen and oxygen atoms in total. The van der Waals surface area contributed by atoms with E-state index in [-0.39, 0.29) is 16.9 Å². The average molecular weight is 239 g/mol. The fraction of sp³-hybridized carbons (Fsp3) is 1.00. The minimum Gasteiger partial charge on any atom is -0.309 e. The summed E-state index contributed by atoms with van der Waals surface area (Å²) < 4.78 is 23.5. The largest absolute Gasteiger partial charge is 0.440 e. The van der Waals surface area contributed by atoms with Gasteiger partial charge in [-0.05, 0) is 17.3 Å². The van der Waals surface area contributed by atoms with E-state index < -0.39 is 7.83 Å². The molecule has 0 aromatic carbocycles. The Balaban J connectivity index is 4.70. The van der Waals surface area contributed by atoms with E-state index in [1.165, 1.54) is 0 Å². The Kier molecular flexibility index (Phi) is 4.55. The molecule has 2 N–H and O–H groups in total. The molecule has 15 heavy (non-hydrogen) atoms. The van der Waals surface area contributed by atoms with Gasteiger partial charge < -0.3 is 4.89 Å². The van der Waals surface area contributed by atoms with Gasteiger partial charge in [0.15, 0.2) is 0 Å². The first kappa shape index (κ1) is 15.1. The molecule has 0 spiro atoms. The first-order chi connectivity index (χ1) is 6.31. The van der Waals surface area contributed by atoms with Crippen LogP contribution in [0.2, 0.25) is 0 Å². The highest BCUT2D eigenvalue weighted by atomic mass is 31.2. The summed E-state index contributed by atoms with van der Waals surface area (Å²) in [5.41, 5.74) is -0.266. The lowest BCUT2D eigenvalue weighted by Gasteiger charge is -2.35. The molecule has 0 aliphatic rings. The van der Waals surface area contributed by atoms with Gasteiger partial charge in [-0.25, -0.2) is 9.65 Å². The Labute approximate surface area is 92.1 Å². The molecule has 0 amide bonds. The standard InChI is InChI=1S/C10H23FNO2P/c1-9(2,3)7-8(10(4,5)6)12-15(11,13)14/h8H,7H2,1-6H3,(H2,12,13,14). The van der Waals surface area contributed by atoms with Crippen LogP contribution in [-0.2, 0) is 4.57 Å². The lowest BCUT2D eigenvalue weighted by molar-refractivity contribution is 0.207. The first-order valence-corrected chi connectivity index (χ1v) is 6.66. The summed E-state index contributed by atoms with van der Waals surface area (Å²) in [6, 6.07) is -0.321. The van der Waals surface area contributed by atoms with Crippen LogP contribution >= 0.6 is 7.83 Å². The smallest absolute Gasteiger partial charge is 0.309 e. The van der Waals surface area contributed by atoms with Gasteiger partial charge in [0.25, 0.3) is 0 Å². The molecule has 0 rings (SSSR count). The van der Waals surface area contributed by atoms with E-state index >= 15 is 0 Å². The number of hydrogen-bond acceptors (Lipinski definition) is 1. The molecule has 0 saturated heterocycles. The Bertz CT molecular complexity index is 249. The quantitative estimate of drug-likeness (QED) is 0.741. The van der Waals surface area contributed by atoms with Crippen LogP contribution < -0.4 is 5.09 Å². The molecule has 0 aromatic rings. The minimum atomic E-state index is -4.65. The zero-order valence-corrected chi connectivity index (χ0v) is 11.4. The van der Waals surface area contributed by atoms with E-state index in [0.29, 0.717) is 6.42 Å². The van der Waals surface area contributed by atoms with Crippen molar-refractivity contribution < 1.29 is 13.7 Å². The fourth-order valence-electron chi connectivity index (χ4n) is 1.35. The van der Waals surface area contributed by atoms with Crippen molar-refractivity contribution in [3.63, 3.8) is 0 Å². The van der Waals surface area contributed by atoms with Gasteiger partial charge in [0.1, 0.15) is 0 Å². The molecule has 92 valence electrons. The Morgan fingerprint density at radius 3 is 1.87 bits per heavy atom. The predicted octanol–water partition coefficient (Wildman–Crippen LogP) is 3.50. The summed E-state index contributed by atoms with van der Waals surface area (Å²) in [5, 5.41) is 2.20. The van der Waals surface area contributed by atoms with E-state index in [2.05, 4.69) is 5.09 Å². The van der Waals surface area contributed by atoms with E-state index in [1.807, 2.05) is 41.5 Å². The fourth-order valence-corrected chi connectivity index (χ4v) is 2.21. The van der Waals surface area contributed by atoms with Crippen molar-refractivity contribution in [1.29, 1.82) is 0 Å². The predicted molar refractivity (Wildman–Crippen MR) is 61.4 cm³/mol. The summed E-state index contributed by atoms with van der Waals surface area (Å²) in [6.45, 7) is 11.8. The third kappa shape index (κ3) is 7.95. The van der Waals surface area contributed by atoms with Gasteiger partial charge in [-0.1, -0.05) is 41.5 Å². The van der Waals surface area contributed by atoms with Crippen LogP contribution in [0, 0.1) is 10.8 Å². The summed E-state index contributed by atoms with van der Waals surface area (Å²) in [5.74, 6) is 0. The maximum absolute atomic E-state index is 12.7. The van der Waals surface area contributed by atoms with Crippen molar-refractivity contribution in [3.05, 3.63) is 0 Å². The average Bonchev–Trinajstić information content (AvgIpc) is 1.75. The summed E-state index contributed by atoms with van der Waals surface area (Å²) in [6.07, 6.45) is 0.644. The van der Waals surface area contributed by atoms with Crippen molar-refractivity contribution in [2.75, 3.05) is 0 Å². The topological polar surface area (TPSA) is 49.3 Å². The summed E-state index contributed by atoms with van der Waals surface area (Å²) in [4.78, 5) is 8.73. The summed E-state index contributed by atoms with van der Waals surface area (Å²) >= 11 is 0. The van der Waals surface area contributed by atoms with E-state index in [0.717, 1.165) is 0 Å². The number of halogens is 1. The minimum absolute atomic E-state index is 0.0138. The lowest BCUT2D eigenvalue weighted by atomic mass is 9.77. The van der Waals surface area contributed by atoms with Crippen LogP contribution in [-0.4, -0.2) is 10.9 Å². The second kappa shape index (κ2) is 4.52. The third-order valence-electron chi connectivity index (χ3n) is 2.18. The van der Waals surface area contributed by atoms with E-state index in [4.69, 9.17) is 4.89 Å². The number of nitrogens with one attached hydrogen (secondary N) is 1. The lowest BCUT2D eigenvalue weighted by Crippen LogP contribution is -2.40. The van der Waals surface area contributed by atoms with Crippen LogP contribution in [0.3, 0.4) is 0 Å². The Hall–Kier alpha value is 0.0800. The van der Waals surface area contributed by atoms with Gasteiger partial charge in [0, 0.05) is 6.04 Å². The molecule has 0 radical (unpaired) electrons. The van der Waals surface area contributed by atoms with E-state index in [9.17, 15) is 8.76 Å². The number of hydrogen-bond donors (Lipinski definition) is 2. The molecule has 0 aliphatic heterocycles. The van der Waals surface area contributed by atoms with Gasteiger partial charge in [-0.3, -0.25) is 0 Å². The number of rotatable bonds is 3. The molecule has 2 unspecified atom stereocenters. The van der Waals surface area contributed by atoms with Crippen molar-refractivity contribution in [3.8, 4) is 0 Å². The van der Waals surface area contributed by atoms with Crippen LogP contribution in [0.1, 0.15) is 48.0 Å². The molecule has 0 bridgehead atoms. The molecular formula is C10H23FNO2P. The third-order valence-corrected chi connectivity index (χ3v) is 2.81. The van der Waals surface area contributed by atoms with Crippen molar-refractivity contribution in [2.24, 2.45) is 10.8 Å². The maximum atomic E-state index is 12.7. The van der Waals surface area contributed by atoms with Crippen LogP contribution in [0.4, 0.5) is 4.20 Å². The highest BCUT2D eigenvalue weighted by Gasteiger charge is 2.33. The van der Waals surface area contributed by atoms with Gasteiger partial charge in [-0.2, -0.15) is 0 Å². The second-order valence-corrected chi connectivity index (χ2v) is 7.58. The normalized spacial score (nSPS) is 19.7. The molecule has 0 aromatic heterocycles. The highest BCUT2D eigenvalue weighted by Crippen LogP contribution is 2.42. The van der Waals surface area contributed by atoms with E-state index in [1.54, 1.807) is 0 Å². The van der Waals surface area contributed by atoms with Gasteiger partial charge in [0.05, 0.1) is 0 Å². The van der Waals surface area contributed by atoms with Crippen LogP contribution in [0.5, 0.6) is 0 Å². The van der Waals surface area contributed by atoms with Crippen molar-refractivity contribution in [2.45, 2.75) is 54.0 Å². The molecule has 0 aliphatic carbocycles. The molecular weight excluding hydrogens is 216 g/mol. The summed E-state index contributed by atoms with van der Waals surface area (Å²) in [7, 11) is -4.65. The zero-order chi connectivity index (χ0) is 12.5. The van der Waals surface area contributed by atoms with Crippen LogP contribution in [0.15, 0.2) is 0 Å². The SMILES string of the molecule is CC(C)(C)CC(NP(=O)(O)F)C(C)(C)C. The van der Waals surface area contributed by atoms with Crippen LogP contribution in [0.25, 0.3) is 0 Å². The molecule has 2 atom stereocenters. The van der Waals surface area contributed by atoms with Gasteiger partial charge in [-0.15, -0.1) is 4.20 Å².